The zero-order chi connectivity index (χ0) is 10.8. The van der Waals surface area contributed by atoms with Crippen molar-refractivity contribution in [2.45, 2.75) is 25.3 Å². The van der Waals surface area contributed by atoms with Crippen LogP contribution < -0.4 is 5.73 Å². The monoisotopic (exact) mass is 241 g/mol. The van der Waals surface area contributed by atoms with Crippen molar-refractivity contribution < 1.29 is 0 Å². The topological polar surface area (TPSA) is 26.0 Å². The molecule has 80 valence electrons. The molecule has 0 fully saturated rings. The van der Waals surface area contributed by atoms with Crippen molar-refractivity contribution in [3.63, 3.8) is 0 Å². The maximum Gasteiger partial charge on any atom is 0.0595 e. The highest BCUT2D eigenvalue weighted by atomic mass is 35.5. The Morgan fingerprint density at radius 3 is 2.67 bits per heavy atom. The van der Waals surface area contributed by atoms with Crippen molar-refractivity contribution in [3.8, 4) is 0 Å². The molecule has 1 aromatic carbocycles. The van der Waals surface area contributed by atoms with Crippen molar-refractivity contribution in [2.24, 2.45) is 5.73 Å². The molecule has 1 aliphatic carbocycles. The highest BCUT2D eigenvalue weighted by molar-refractivity contribution is 6.42. The van der Waals surface area contributed by atoms with E-state index >= 15 is 0 Å². The highest BCUT2D eigenvalue weighted by Gasteiger charge is 2.12. The van der Waals surface area contributed by atoms with Crippen LogP contribution in [0.3, 0.4) is 0 Å². The first-order chi connectivity index (χ1) is 7.15. The Kier molecular flexibility index (Phi) is 3.35. The van der Waals surface area contributed by atoms with Crippen LogP contribution in [-0.4, -0.2) is 6.04 Å². The predicted molar refractivity (Wildman–Crippen MR) is 65.5 cm³/mol. The van der Waals surface area contributed by atoms with E-state index in [4.69, 9.17) is 28.9 Å². The fourth-order valence-electron chi connectivity index (χ4n) is 1.88. The molecule has 2 rings (SSSR count). The summed E-state index contributed by atoms with van der Waals surface area (Å²) in [5, 5.41) is 1.23. The Morgan fingerprint density at radius 2 is 2.07 bits per heavy atom. The van der Waals surface area contributed by atoms with Gasteiger partial charge in [0.05, 0.1) is 10.0 Å². The van der Waals surface area contributed by atoms with Gasteiger partial charge in [0.25, 0.3) is 0 Å². The normalized spacial score (nSPS) is 20.5. The van der Waals surface area contributed by atoms with Gasteiger partial charge in [-0.1, -0.05) is 40.9 Å². The third kappa shape index (κ3) is 2.75. The van der Waals surface area contributed by atoms with Crippen molar-refractivity contribution in [2.75, 3.05) is 0 Å². The second-order valence-corrected chi connectivity index (χ2v) is 4.77. The van der Waals surface area contributed by atoms with Crippen LogP contribution in [0.4, 0.5) is 0 Å². The summed E-state index contributed by atoms with van der Waals surface area (Å²) in [5.41, 5.74) is 8.41. The van der Waals surface area contributed by atoms with Gasteiger partial charge < -0.3 is 5.73 Å². The molecule has 0 bridgehead atoms. The lowest BCUT2D eigenvalue weighted by Crippen LogP contribution is -2.11. The van der Waals surface area contributed by atoms with E-state index in [1.807, 2.05) is 18.2 Å². The van der Waals surface area contributed by atoms with Gasteiger partial charge in [-0.2, -0.15) is 0 Å². The largest absolute Gasteiger partial charge is 0.324 e. The Bertz CT molecular complexity index is 399. The van der Waals surface area contributed by atoms with E-state index in [0.717, 1.165) is 19.3 Å². The fourth-order valence-corrected chi connectivity index (χ4v) is 2.20. The van der Waals surface area contributed by atoms with Gasteiger partial charge in [-0.05, 0) is 37.0 Å². The summed E-state index contributed by atoms with van der Waals surface area (Å²) in [7, 11) is 0. The van der Waals surface area contributed by atoms with E-state index in [9.17, 15) is 0 Å². The Hall–Kier alpha value is -0.500. The molecule has 1 aromatic rings. The van der Waals surface area contributed by atoms with E-state index in [2.05, 4.69) is 6.08 Å². The molecule has 1 atom stereocenters. The quantitative estimate of drug-likeness (QED) is 0.788. The molecule has 0 amide bonds. The lowest BCUT2D eigenvalue weighted by atomic mass is 10.1. The second kappa shape index (κ2) is 4.56. The summed E-state index contributed by atoms with van der Waals surface area (Å²) in [4.78, 5) is 0. The highest BCUT2D eigenvalue weighted by Crippen LogP contribution is 2.26. The fraction of sp³-hybridized carbons (Fsp3) is 0.333. The first-order valence-electron chi connectivity index (χ1n) is 5.04. The molecule has 0 radical (unpaired) electrons. The minimum atomic E-state index is 0.239. The molecule has 0 spiro atoms. The van der Waals surface area contributed by atoms with Crippen LogP contribution in [0.5, 0.6) is 0 Å². The minimum Gasteiger partial charge on any atom is -0.324 e. The molecule has 1 nitrogen and oxygen atoms in total. The lowest BCUT2D eigenvalue weighted by Gasteiger charge is -2.03. The Labute approximate surface area is 99.9 Å². The van der Waals surface area contributed by atoms with Crippen LogP contribution in [0.15, 0.2) is 29.8 Å². The van der Waals surface area contributed by atoms with Gasteiger partial charge >= 0.3 is 0 Å². The summed E-state index contributed by atoms with van der Waals surface area (Å²) in [6.45, 7) is 0. The zero-order valence-corrected chi connectivity index (χ0v) is 9.85. The molecule has 1 unspecified atom stereocenters. The van der Waals surface area contributed by atoms with Crippen LogP contribution >= 0.6 is 23.2 Å². The average molecular weight is 242 g/mol. The first kappa shape index (κ1) is 11.0. The molecule has 3 heteroatoms. The van der Waals surface area contributed by atoms with Crippen LogP contribution in [0.1, 0.15) is 18.4 Å². The summed E-state index contributed by atoms with van der Waals surface area (Å²) >= 11 is 11.8. The van der Waals surface area contributed by atoms with Gasteiger partial charge in [-0.3, -0.25) is 0 Å². The van der Waals surface area contributed by atoms with Gasteiger partial charge in [0, 0.05) is 6.04 Å². The number of rotatable bonds is 2. The molecule has 0 aliphatic heterocycles. The Morgan fingerprint density at radius 1 is 1.27 bits per heavy atom. The third-order valence-corrected chi connectivity index (χ3v) is 3.40. The summed E-state index contributed by atoms with van der Waals surface area (Å²) in [6.07, 6.45) is 5.26. The number of hydrogen-bond donors (Lipinski definition) is 1. The summed E-state index contributed by atoms with van der Waals surface area (Å²) in [5.74, 6) is 0. The smallest absolute Gasteiger partial charge is 0.0595 e. The standard InChI is InChI=1S/C12H13Cl2N/c13-11-4-2-9(7-12(11)14)5-8-1-3-10(15)6-8/h2,4,6-7,10H,1,3,5,15H2. The van der Waals surface area contributed by atoms with Crippen molar-refractivity contribution in [3.05, 3.63) is 45.5 Å². The van der Waals surface area contributed by atoms with E-state index in [0.29, 0.717) is 10.0 Å². The van der Waals surface area contributed by atoms with E-state index in [-0.39, 0.29) is 6.04 Å². The number of nitrogens with two attached hydrogens (primary N) is 1. The molecule has 0 aromatic heterocycles. The maximum absolute atomic E-state index is 5.95. The predicted octanol–water partition coefficient (Wildman–Crippen LogP) is 3.58. The molecular formula is C12H13Cl2N. The van der Waals surface area contributed by atoms with Gasteiger partial charge in [-0.25, -0.2) is 0 Å². The van der Waals surface area contributed by atoms with Crippen LogP contribution in [-0.2, 0) is 6.42 Å². The molecule has 0 saturated heterocycles. The van der Waals surface area contributed by atoms with E-state index < -0.39 is 0 Å². The van der Waals surface area contributed by atoms with Crippen molar-refractivity contribution in [1.29, 1.82) is 0 Å². The van der Waals surface area contributed by atoms with Gasteiger partial charge in [0.15, 0.2) is 0 Å². The van der Waals surface area contributed by atoms with Crippen LogP contribution in [0, 0.1) is 0 Å². The molecule has 0 heterocycles. The molecule has 0 saturated carbocycles. The van der Waals surface area contributed by atoms with Crippen LogP contribution in [0.25, 0.3) is 0 Å². The molecular weight excluding hydrogens is 229 g/mol. The maximum atomic E-state index is 5.95. The second-order valence-electron chi connectivity index (χ2n) is 3.95. The lowest BCUT2D eigenvalue weighted by molar-refractivity contribution is 0.770. The van der Waals surface area contributed by atoms with Gasteiger partial charge in [-0.15, -0.1) is 0 Å². The third-order valence-electron chi connectivity index (χ3n) is 2.66. The number of halogens is 2. The first-order valence-corrected chi connectivity index (χ1v) is 5.80. The summed E-state index contributed by atoms with van der Waals surface area (Å²) in [6, 6.07) is 6.02. The van der Waals surface area contributed by atoms with E-state index in [1.165, 1.54) is 11.1 Å². The molecule has 1 aliphatic rings. The van der Waals surface area contributed by atoms with Crippen molar-refractivity contribution in [1.82, 2.24) is 0 Å². The number of allylic oxidation sites excluding steroid dienone is 1. The van der Waals surface area contributed by atoms with Crippen molar-refractivity contribution >= 4 is 23.2 Å². The SMILES string of the molecule is NC1C=C(Cc2ccc(Cl)c(Cl)c2)CC1. The zero-order valence-electron chi connectivity index (χ0n) is 8.34. The summed E-state index contributed by atoms with van der Waals surface area (Å²) < 4.78 is 0. The molecule has 2 N–H and O–H groups in total. The number of hydrogen-bond acceptors (Lipinski definition) is 1. The van der Waals surface area contributed by atoms with Gasteiger partial charge in [0.1, 0.15) is 0 Å². The van der Waals surface area contributed by atoms with Gasteiger partial charge in [0.2, 0.25) is 0 Å². The average Bonchev–Trinajstić information content (AvgIpc) is 2.58. The van der Waals surface area contributed by atoms with E-state index in [1.54, 1.807) is 0 Å². The Balaban J connectivity index is 2.11. The van der Waals surface area contributed by atoms with Crippen LogP contribution in [0.2, 0.25) is 10.0 Å². The minimum absolute atomic E-state index is 0.239. The number of benzene rings is 1. The molecule has 15 heavy (non-hydrogen) atoms.